The van der Waals surface area contributed by atoms with Gasteiger partial charge in [0.2, 0.25) is 11.8 Å². The van der Waals surface area contributed by atoms with E-state index in [2.05, 4.69) is 27.7 Å². The molecule has 208 valence electrons. The van der Waals surface area contributed by atoms with Crippen molar-refractivity contribution >= 4 is 18.3 Å². The Balaban J connectivity index is 0.00000107. The summed E-state index contributed by atoms with van der Waals surface area (Å²) in [5, 5.41) is 13.2. The van der Waals surface area contributed by atoms with Gasteiger partial charge in [-0.05, 0) is 93.1 Å². The minimum absolute atomic E-state index is 0.0166. The van der Waals surface area contributed by atoms with Gasteiger partial charge in [-0.25, -0.2) is 0 Å². The molecule has 1 aromatic carbocycles. The van der Waals surface area contributed by atoms with Gasteiger partial charge in [-0.1, -0.05) is 18.2 Å². The van der Waals surface area contributed by atoms with Gasteiger partial charge in [-0.2, -0.15) is 0 Å². The summed E-state index contributed by atoms with van der Waals surface area (Å²) < 4.78 is 10.7. The van der Waals surface area contributed by atoms with E-state index < -0.39 is 0 Å². The number of rotatable bonds is 11. The number of carboxylic acid groups (broad SMARTS) is 1. The molecule has 0 aromatic heterocycles. The van der Waals surface area contributed by atoms with Gasteiger partial charge in [0.05, 0.1) is 26.1 Å². The Labute approximate surface area is 224 Å². The van der Waals surface area contributed by atoms with E-state index in [1.807, 2.05) is 18.2 Å². The van der Waals surface area contributed by atoms with Crippen molar-refractivity contribution in [3.05, 3.63) is 35.9 Å². The smallest absolute Gasteiger partial charge is 0.290 e. The van der Waals surface area contributed by atoms with E-state index in [1.54, 1.807) is 14.2 Å². The first kappa shape index (κ1) is 28.0. The molecule has 2 amide bonds. The van der Waals surface area contributed by atoms with E-state index in [0.717, 1.165) is 37.8 Å². The number of nitrogens with zero attached hydrogens (tertiary/aromatic N) is 1. The molecule has 0 unspecified atom stereocenters. The van der Waals surface area contributed by atoms with Crippen molar-refractivity contribution in [2.75, 3.05) is 40.4 Å². The number of hydrogen-bond donors (Lipinski definition) is 3. The first-order valence-electron chi connectivity index (χ1n) is 13.7. The van der Waals surface area contributed by atoms with Crippen molar-refractivity contribution in [1.29, 1.82) is 0 Å². The number of methoxy groups -OCH3 is 2. The van der Waals surface area contributed by atoms with E-state index in [1.165, 1.54) is 25.9 Å². The van der Waals surface area contributed by atoms with Crippen LogP contribution in [0.2, 0.25) is 0 Å². The van der Waals surface area contributed by atoms with Crippen LogP contribution in [-0.2, 0) is 20.9 Å². The molecule has 3 N–H and O–H groups in total. The van der Waals surface area contributed by atoms with Gasteiger partial charge in [-0.3, -0.25) is 14.4 Å². The van der Waals surface area contributed by atoms with Crippen molar-refractivity contribution in [3.63, 3.8) is 0 Å². The molecule has 2 bridgehead atoms. The van der Waals surface area contributed by atoms with Crippen LogP contribution in [0.25, 0.3) is 0 Å². The number of carbonyl (C=O) groups excluding carboxylic acids is 2. The Morgan fingerprint density at radius 1 is 1.00 bits per heavy atom. The van der Waals surface area contributed by atoms with Crippen molar-refractivity contribution in [2.24, 2.45) is 29.1 Å². The van der Waals surface area contributed by atoms with Gasteiger partial charge < -0.3 is 30.1 Å². The van der Waals surface area contributed by atoms with Crippen LogP contribution in [0.3, 0.4) is 0 Å². The topological polar surface area (TPSA) is 117 Å². The maximum atomic E-state index is 13.5. The fourth-order valence-corrected chi connectivity index (χ4v) is 6.80. The van der Waals surface area contributed by atoms with Crippen molar-refractivity contribution in [1.82, 2.24) is 15.5 Å². The predicted molar refractivity (Wildman–Crippen MR) is 143 cm³/mol. The highest BCUT2D eigenvalue weighted by Crippen LogP contribution is 2.72. The van der Waals surface area contributed by atoms with Crippen molar-refractivity contribution in [3.8, 4) is 11.5 Å². The van der Waals surface area contributed by atoms with E-state index in [4.69, 9.17) is 19.4 Å². The van der Waals surface area contributed by atoms with Crippen LogP contribution < -0.4 is 20.1 Å². The second kappa shape index (κ2) is 12.7. The lowest BCUT2D eigenvalue weighted by Gasteiger charge is -2.26. The lowest BCUT2D eigenvalue weighted by atomic mass is 9.81. The van der Waals surface area contributed by atoms with E-state index in [-0.39, 0.29) is 47.4 Å². The number of nitrogens with one attached hydrogen (secondary N) is 2. The molecule has 1 saturated heterocycles. The third kappa shape index (κ3) is 5.82. The Morgan fingerprint density at radius 2 is 1.61 bits per heavy atom. The number of hydrogen-bond acceptors (Lipinski definition) is 6. The minimum Gasteiger partial charge on any atom is -0.493 e. The molecule has 0 radical (unpaired) electrons. The summed E-state index contributed by atoms with van der Waals surface area (Å²) in [6, 6.07) is 5.66. The summed E-state index contributed by atoms with van der Waals surface area (Å²) >= 11 is 0. The monoisotopic (exact) mass is 527 g/mol. The predicted octanol–water partition coefficient (Wildman–Crippen LogP) is 2.84. The standard InChI is InChI=1S/C28H39N3O4.CH2O2/c1-34-22-10-7-19(17-23(22)35-2)18-30-27(33)25-21-9-8-20(28(21)11-12-28)24(25)26(32)29-13-3-4-14-31-15-5-6-16-31;2-1-3/h7-10,17,20-21,24-25H,3-6,11-16,18H2,1-2H3,(H,29,32)(H,30,33);1H,(H,2,3)/t20-,21+,24-,25-;/m1./s1. The maximum absolute atomic E-state index is 13.5. The van der Waals surface area contributed by atoms with Gasteiger partial charge in [0.15, 0.2) is 11.5 Å². The Morgan fingerprint density at radius 3 is 2.18 bits per heavy atom. The summed E-state index contributed by atoms with van der Waals surface area (Å²) in [6.45, 7) is 4.39. The summed E-state index contributed by atoms with van der Waals surface area (Å²) in [4.78, 5) is 37.7. The lowest BCUT2D eigenvalue weighted by Crippen LogP contribution is -2.44. The van der Waals surface area contributed by atoms with E-state index in [0.29, 0.717) is 24.6 Å². The van der Waals surface area contributed by atoms with E-state index >= 15 is 0 Å². The van der Waals surface area contributed by atoms with Crippen LogP contribution in [0, 0.1) is 29.1 Å². The fraction of sp³-hybridized carbons (Fsp3) is 0.621. The van der Waals surface area contributed by atoms with Gasteiger partial charge in [0.1, 0.15) is 0 Å². The Hall–Kier alpha value is -3.07. The average Bonchev–Trinajstić information content (AvgIpc) is 3.29. The number of benzene rings is 1. The highest BCUT2D eigenvalue weighted by molar-refractivity contribution is 5.90. The van der Waals surface area contributed by atoms with Crippen LogP contribution in [0.5, 0.6) is 11.5 Å². The van der Waals surface area contributed by atoms with Gasteiger partial charge in [0.25, 0.3) is 6.47 Å². The largest absolute Gasteiger partial charge is 0.493 e. The number of ether oxygens (including phenoxy) is 2. The molecular weight excluding hydrogens is 486 g/mol. The molecule has 4 atom stereocenters. The highest BCUT2D eigenvalue weighted by Gasteiger charge is 2.69. The van der Waals surface area contributed by atoms with Gasteiger partial charge in [-0.15, -0.1) is 0 Å². The van der Waals surface area contributed by atoms with Crippen LogP contribution >= 0.6 is 0 Å². The number of allylic oxidation sites excluding steroid dienone is 2. The highest BCUT2D eigenvalue weighted by atomic mass is 16.5. The second-order valence-electron chi connectivity index (χ2n) is 10.8. The van der Waals surface area contributed by atoms with Crippen LogP contribution in [0.15, 0.2) is 30.4 Å². The lowest BCUT2D eigenvalue weighted by molar-refractivity contribution is -0.135. The van der Waals surface area contributed by atoms with Crippen LogP contribution in [-0.4, -0.2) is 68.7 Å². The molecule has 2 saturated carbocycles. The Bertz CT molecular complexity index is 1020. The first-order valence-corrected chi connectivity index (χ1v) is 13.7. The van der Waals surface area contributed by atoms with Crippen molar-refractivity contribution < 1.29 is 29.0 Å². The molecule has 1 spiro atoms. The number of unbranched alkanes of at least 4 members (excludes halogenated alkanes) is 1. The molecule has 1 heterocycles. The number of carbonyl (C=O) groups is 3. The zero-order chi connectivity index (χ0) is 27.1. The zero-order valence-electron chi connectivity index (χ0n) is 22.5. The number of likely N-dealkylation sites (tertiary alicyclic amines) is 1. The minimum atomic E-state index is -0.294. The molecule has 4 aliphatic rings. The third-order valence-electron chi connectivity index (χ3n) is 8.76. The summed E-state index contributed by atoms with van der Waals surface area (Å²) in [5.41, 5.74) is 1.08. The molecule has 9 nitrogen and oxygen atoms in total. The molecule has 1 aliphatic heterocycles. The SMILES string of the molecule is COc1ccc(CNC(=O)[C@H]2[C@H](C(=O)NCCCCN3CCCC3)[C@H]3C=C[C@@H]2C32CC2)cc1OC.O=CO. The van der Waals surface area contributed by atoms with Crippen molar-refractivity contribution in [2.45, 2.75) is 45.1 Å². The normalized spacial score (nSPS) is 25.9. The second-order valence-corrected chi connectivity index (χ2v) is 10.8. The molecular formula is C29H41N3O6. The summed E-state index contributed by atoms with van der Waals surface area (Å²) in [5.74, 6) is 1.14. The average molecular weight is 528 g/mol. The van der Waals surface area contributed by atoms with Crippen LogP contribution in [0.1, 0.15) is 44.1 Å². The number of amides is 2. The molecule has 1 aromatic rings. The first-order chi connectivity index (χ1) is 18.5. The van der Waals surface area contributed by atoms with E-state index in [9.17, 15) is 9.59 Å². The zero-order valence-corrected chi connectivity index (χ0v) is 22.5. The molecule has 3 aliphatic carbocycles. The maximum Gasteiger partial charge on any atom is 0.290 e. The fourth-order valence-electron chi connectivity index (χ4n) is 6.80. The summed E-state index contributed by atoms with van der Waals surface area (Å²) in [7, 11) is 3.21. The molecule has 9 heteroatoms. The van der Waals surface area contributed by atoms with Gasteiger partial charge in [0, 0.05) is 13.1 Å². The summed E-state index contributed by atoms with van der Waals surface area (Å²) in [6.07, 6.45) is 11.4. The molecule has 38 heavy (non-hydrogen) atoms. The quantitative estimate of drug-likeness (QED) is 0.230. The molecule has 5 rings (SSSR count). The van der Waals surface area contributed by atoms with Gasteiger partial charge >= 0.3 is 0 Å². The Kier molecular flexibility index (Phi) is 9.31. The third-order valence-corrected chi connectivity index (χ3v) is 8.76. The molecule has 3 fully saturated rings. The van der Waals surface area contributed by atoms with Crippen LogP contribution in [0.4, 0.5) is 0 Å².